The molecule has 0 aliphatic carbocycles. The van der Waals surface area contributed by atoms with Crippen LogP contribution in [-0.4, -0.2) is 41.5 Å². The second-order valence-electron chi connectivity index (χ2n) is 7.28. The Balaban J connectivity index is 1.80. The standard InChI is InChI=1S/C18H30N2O/c1-13(2)17-12-19-10-6-5-7-16(19)11-20(17)15(4)18-9-8-14(3)21-18/h8-9,13,15-17H,5-7,10-12H2,1-4H3. The summed E-state index contributed by atoms with van der Waals surface area (Å²) in [7, 11) is 0. The number of nitrogens with zero attached hydrogens (tertiary/aromatic N) is 2. The molecule has 3 nitrogen and oxygen atoms in total. The Hall–Kier alpha value is -0.800. The summed E-state index contributed by atoms with van der Waals surface area (Å²) >= 11 is 0. The number of piperazine rings is 1. The smallest absolute Gasteiger partial charge is 0.121 e. The summed E-state index contributed by atoms with van der Waals surface area (Å²) in [5, 5.41) is 0. The zero-order valence-electron chi connectivity index (χ0n) is 14.0. The molecule has 2 saturated heterocycles. The molecule has 21 heavy (non-hydrogen) atoms. The third-order valence-corrected chi connectivity index (χ3v) is 5.46. The molecule has 0 spiro atoms. The fraction of sp³-hybridized carbons (Fsp3) is 0.778. The van der Waals surface area contributed by atoms with Gasteiger partial charge in [0, 0.05) is 25.2 Å². The monoisotopic (exact) mass is 290 g/mol. The van der Waals surface area contributed by atoms with Crippen LogP contribution in [0.4, 0.5) is 0 Å². The molecule has 0 amide bonds. The van der Waals surface area contributed by atoms with E-state index in [1.54, 1.807) is 0 Å². The van der Waals surface area contributed by atoms with Crippen LogP contribution in [0.25, 0.3) is 0 Å². The number of fused-ring (bicyclic) bond motifs is 1. The Labute approximate surface area is 129 Å². The average molecular weight is 290 g/mol. The minimum atomic E-state index is 0.384. The predicted molar refractivity (Wildman–Crippen MR) is 86.4 cm³/mol. The predicted octanol–water partition coefficient (Wildman–Crippen LogP) is 3.84. The van der Waals surface area contributed by atoms with E-state index in [1.807, 2.05) is 6.92 Å². The molecule has 2 aliphatic rings. The van der Waals surface area contributed by atoms with Crippen LogP contribution in [0, 0.1) is 12.8 Å². The first-order valence-electron chi connectivity index (χ1n) is 8.62. The van der Waals surface area contributed by atoms with E-state index in [9.17, 15) is 0 Å². The Morgan fingerprint density at radius 1 is 1.14 bits per heavy atom. The van der Waals surface area contributed by atoms with Crippen LogP contribution in [0.2, 0.25) is 0 Å². The van der Waals surface area contributed by atoms with Crippen molar-refractivity contribution in [3.8, 4) is 0 Å². The van der Waals surface area contributed by atoms with Gasteiger partial charge >= 0.3 is 0 Å². The minimum Gasteiger partial charge on any atom is -0.465 e. The minimum absolute atomic E-state index is 0.384. The van der Waals surface area contributed by atoms with Crippen molar-refractivity contribution >= 4 is 0 Å². The number of hydrogen-bond acceptors (Lipinski definition) is 3. The highest BCUT2D eigenvalue weighted by molar-refractivity contribution is 5.10. The summed E-state index contributed by atoms with van der Waals surface area (Å²) in [5.74, 6) is 2.84. The number of furan rings is 1. The zero-order valence-corrected chi connectivity index (χ0v) is 14.0. The molecule has 0 bridgehead atoms. The van der Waals surface area contributed by atoms with Gasteiger partial charge in [-0.3, -0.25) is 9.80 Å². The molecule has 0 radical (unpaired) electrons. The van der Waals surface area contributed by atoms with Gasteiger partial charge in [-0.2, -0.15) is 0 Å². The van der Waals surface area contributed by atoms with E-state index in [2.05, 4.69) is 42.7 Å². The Kier molecular flexibility index (Phi) is 4.41. The second kappa shape index (κ2) is 6.13. The van der Waals surface area contributed by atoms with Gasteiger partial charge in [0.2, 0.25) is 0 Å². The summed E-state index contributed by atoms with van der Waals surface area (Å²) in [6.07, 6.45) is 4.15. The normalized spacial score (nSPS) is 29.6. The quantitative estimate of drug-likeness (QED) is 0.843. The maximum atomic E-state index is 5.91. The Morgan fingerprint density at radius 3 is 2.62 bits per heavy atom. The zero-order chi connectivity index (χ0) is 15.0. The molecule has 0 aromatic carbocycles. The van der Waals surface area contributed by atoms with E-state index >= 15 is 0 Å². The van der Waals surface area contributed by atoms with Gasteiger partial charge in [0.05, 0.1) is 6.04 Å². The molecule has 3 atom stereocenters. The molecule has 0 N–H and O–H groups in total. The van der Waals surface area contributed by atoms with Crippen molar-refractivity contribution in [1.82, 2.24) is 9.80 Å². The van der Waals surface area contributed by atoms with Crippen LogP contribution in [0.15, 0.2) is 16.5 Å². The summed E-state index contributed by atoms with van der Waals surface area (Å²) in [6.45, 7) is 12.8. The molecule has 3 heterocycles. The van der Waals surface area contributed by atoms with Crippen molar-refractivity contribution in [2.24, 2.45) is 5.92 Å². The first-order valence-corrected chi connectivity index (χ1v) is 8.62. The third kappa shape index (κ3) is 3.04. The van der Waals surface area contributed by atoms with Crippen LogP contribution < -0.4 is 0 Å². The van der Waals surface area contributed by atoms with Gasteiger partial charge in [-0.15, -0.1) is 0 Å². The Bertz CT molecular complexity index is 468. The maximum Gasteiger partial charge on any atom is 0.121 e. The molecule has 0 saturated carbocycles. The van der Waals surface area contributed by atoms with Crippen LogP contribution in [-0.2, 0) is 0 Å². The van der Waals surface area contributed by atoms with Crippen LogP contribution >= 0.6 is 0 Å². The highest BCUT2D eigenvalue weighted by atomic mass is 16.3. The van der Waals surface area contributed by atoms with Gasteiger partial charge < -0.3 is 4.42 Å². The van der Waals surface area contributed by atoms with E-state index in [0.717, 1.165) is 17.6 Å². The fourth-order valence-corrected chi connectivity index (χ4v) is 4.11. The third-order valence-electron chi connectivity index (χ3n) is 5.46. The molecule has 3 unspecified atom stereocenters. The van der Waals surface area contributed by atoms with Crippen molar-refractivity contribution in [2.45, 2.75) is 65.1 Å². The van der Waals surface area contributed by atoms with Gasteiger partial charge in [0.1, 0.15) is 11.5 Å². The molecular formula is C18H30N2O. The van der Waals surface area contributed by atoms with Crippen LogP contribution in [0.3, 0.4) is 0 Å². The topological polar surface area (TPSA) is 19.6 Å². The van der Waals surface area contributed by atoms with Crippen LogP contribution in [0.1, 0.15) is 57.6 Å². The number of hydrogen-bond donors (Lipinski definition) is 0. The highest BCUT2D eigenvalue weighted by Gasteiger charge is 2.39. The highest BCUT2D eigenvalue weighted by Crippen LogP contribution is 2.33. The molecular weight excluding hydrogens is 260 g/mol. The summed E-state index contributed by atoms with van der Waals surface area (Å²) < 4.78 is 5.91. The fourth-order valence-electron chi connectivity index (χ4n) is 4.11. The van der Waals surface area contributed by atoms with Gasteiger partial charge in [0.15, 0.2) is 0 Å². The van der Waals surface area contributed by atoms with Gasteiger partial charge in [-0.1, -0.05) is 20.3 Å². The molecule has 1 aromatic rings. The Morgan fingerprint density at radius 2 is 1.95 bits per heavy atom. The molecule has 1 aromatic heterocycles. The van der Waals surface area contributed by atoms with Crippen molar-refractivity contribution in [2.75, 3.05) is 19.6 Å². The van der Waals surface area contributed by atoms with Gasteiger partial charge in [-0.05, 0) is 51.3 Å². The van der Waals surface area contributed by atoms with Crippen molar-refractivity contribution in [3.05, 3.63) is 23.7 Å². The molecule has 3 heteroatoms. The van der Waals surface area contributed by atoms with E-state index in [-0.39, 0.29) is 0 Å². The van der Waals surface area contributed by atoms with E-state index in [1.165, 1.54) is 38.9 Å². The van der Waals surface area contributed by atoms with Gasteiger partial charge in [-0.25, -0.2) is 0 Å². The van der Waals surface area contributed by atoms with Crippen molar-refractivity contribution in [1.29, 1.82) is 0 Å². The summed E-state index contributed by atoms with van der Waals surface area (Å²) in [6, 6.07) is 6.03. The summed E-state index contributed by atoms with van der Waals surface area (Å²) in [5.41, 5.74) is 0. The lowest BCUT2D eigenvalue weighted by atomic mass is 9.90. The van der Waals surface area contributed by atoms with Crippen LogP contribution in [0.5, 0.6) is 0 Å². The lowest BCUT2D eigenvalue weighted by Crippen LogP contribution is -2.61. The number of aryl methyl sites for hydroxylation is 1. The second-order valence-corrected chi connectivity index (χ2v) is 7.28. The molecule has 2 aliphatic heterocycles. The molecule has 118 valence electrons. The maximum absolute atomic E-state index is 5.91. The molecule has 3 rings (SSSR count). The number of rotatable bonds is 3. The van der Waals surface area contributed by atoms with E-state index in [0.29, 0.717) is 18.0 Å². The summed E-state index contributed by atoms with van der Waals surface area (Å²) in [4.78, 5) is 5.44. The van der Waals surface area contributed by atoms with E-state index in [4.69, 9.17) is 4.42 Å². The number of piperidine rings is 1. The van der Waals surface area contributed by atoms with E-state index < -0.39 is 0 Å². The van der Waals surface area contributed by atoms with Crippen molar-refractivity contribution in [3.63, 3.8) is 0 Å². The molecule has 2 fully saturated rings. The van der Waals surface area contributed by atoms with Gasteiger partial charge in [0.25, 0.3) is 0 Å². The lowest BCUT2D eigenvalue weighted by molar-refractivity contribution is -0.0311. The first-order chi connectivity index (χ1) is 10.1. The van der Waals surface area contributed by atoms with Crippen molar-refractivity contribution < 1.29 is 4.42 Å². The average Bonchev–Trinajstić information content (AvgIpc) is 2.91. The lowest BCUT2D eigenvalue weighted by Gasteiger charge is -2.51. The first kappa shape index (κ1) is 15.1. The SMILES string of the molecule is Cc1ccc(C(C)N2CC3CCCCN3CC2C(C)C)o1. The largest absolute Gasteiger partial charge is 0.465 e.